The van der Waals surface area contributed by atoms with Crippen molar-refractivity contribution < 1.29 is 17.9 Å². The van der Waals surface area contributed by atoms with Gasteiger partial charge in [0, 0.05) is 22.7 Å². The summed E-state index contributed by atoms with van der Waals surface area (Å²) < 4.78 is 50.7. The van der Waals surface area contributed by atoms with Gasteiger partial charge in [0.25, 0.3) is 0 Å². The van der Waals surface area contributed by atoms with E-state index in [0.717, 1.165) is 43.7 Å². The first-order valence-corrected chi connectivity index (χ1v) is 11.4. The molecule has 0 atom stereocenters. The molecule has 2 heterocycles. The molecule has 0 bridgehead atoms. The van der Waals surface area contributed by atoms with Crippen LogP contribution in [0.25, 0.3) is 21.0 Å². The van der Waals surface area contributed by atoms with Crippen molar-refractivity contribution >= 4 is 50.0 Å². The molecule has 0 amide bonds. The van der Waals surface area contributed by atoms with Crippen LogP contribution in [0.1, 0.15) is 22.3 Å². The highest BCUT2D eigenvalue weighted by Crippen LogP contribution is 2.39. The summed E-state index contributed by atoms with van der Waals surface area (Å²) in [7, 11) is 1.22. The third-order valence-electron chi connectivity index (χ3n) is 5.79. The van der Waals surface area contributed by atoms with Crippen LogP contribution in [0.4, 0.5) is 30.6 Å². The Balaban J connectivity index is 1.49. The number of aryl methyl sites for hydroxylation is 1. The lowest BCUT2D eigenvalue weighted by molar-refractivity contribution is -0.138. The highest BCUT2D eigenvalue weighted by molar-refractivity contribution is 7.14. The van der Waals surface area contributed by atoms with Gasteiger partial charge in [-0.1, -0.05) is 12.1 Å². The standard InChI is InChI=1S/C25H20F3N5OS/c1-13-3-6-17-22(18(13)10-14-4-7-20-15(9-14)12-30-24(29)32-20)35-33-23(17)31-16-5-8-21(34-2)19(11-16)25(26,27)28/h3-9,11-12H,10H2,1-2H3,(H,31,33)(H2,29,30,32). The number of anilines is 3. The monoisotopic (exact) mass is 495 g/mol. The van der Waals surface area contributed by atoms with Crippen LogP contribution in [0.5, 0.6) is 5.75 Å². The second kappa shape index (κ2) is 8.70. The van der Waals surface area contributed by atoms with Crippen LogP contribution in [0.2, 0.25) is 0 Å². The molecule has 35 heavy (non-hydrogen) atoms. The van der Waals surface area contributed by atoms with E-state index in [0.29, 0.717) is 12.2 Å². The molecule has 0 aliphatic heterocycles. The van der Waals surface area contributed by atoms with Crippen LogP contribution < -0.4 is 15.8 Å². The molecule has 3 aromatic carbocycles. The van der Waals surface area contributed by atoms with Crippen molar-refractivity contribution in [3.8, 4) is 5.75 Å². The maximum Gasteiger partial charge on any atom is 0.420 e. The first kappa shape index (κ1) is 22.9. The molecule has 0 saturated carbocycles. The summed E-state index contributed by atoms with van der Waals surface area (Å²) in [6.07, 6.45) is -2.17. The molecular weight excluding hydrogens is 475 g/mol. The second-order valence-corrected chi connectivity index (χ2v) is 8.88. The van der Waals surface area contributed by atoms with Gasteiger partial charge in [-0.25, -0.2) is 9.97 Å². The average Bonchev–Trinajstić information content (AvgIpc) is 3.23. The lowest BCUT2D eigenvalue weighted by Crippen LogP contribution is -2.08. The summed E-state index contributed by atoms with van der Waals surface area (Å²) in [4.78, 5) is 8.31. The highest BCUT2D eigenvalue weighted by atomic mass is 32.1. The highest BCUT2D eigenvalue weighted by Gasteiger charge is 2.34. The van der Waals surface area contributed by atoms with E-state index in [-0.39, 0.29) is 17.4 Å². The van der Waals surface area contributed by atoms with Crippen molar-refractivity contribution in [1.82, 2.24) is 14.3 Å². The molecule has 3 N–H and O–H groups in total. The summed E-state index contributed by atoms with van der Waals surface area (Å²) in [6, 6.07) is 13.8. The normalized spacial score (nSPS) is 11.8. The molecule has 6 nitrogen and oxygen atoms in total. The summed E-state index contributed by atoms with van der Waals surface area (Å²) in [6.45, 7) is 2.03. The van der Waals surface area contributed by atoms with Crippen molar-refractivity contribution in [1.29, 1.82) is 0 Å². The zero-order valence-electron chi connectivity index (χ0n) is 18.8. The van der Waals surface area contributed by atoms with Gasteiger partial charge in [0.1, 0.15) is 5.75 Å². The Morgan fingerprint density at radius 2 is 1.91 bits per heavy atom. The third kappa shape index (κ3) is 4.44. The van der Waals surface area contributed by atoms with Gasteiger partial charge in [-0.05, 0) is 78.0 Å². The van der Waals surface area contributed by atoms with Crippen molar-refractivity contribution in [3.05, 3.63) is 77.0 Å². The van der Waals surface area contributed by atoms with Crippen molar-refractivity contribution in [3.63, 3.8) is 0 Å². The maximum atomic E-state index is 13.4. The Morgan fingerprint density at radius 1 is 1.09 bits per heavy atom. The molecule has 0 fully saturated rings. The number of alkyl halides is 3. The Hall–Kier alpha value is -3.92. The minimum atomic E-state index is -4.53. The Labute approximate surface area is 202 Å². The SMILES string of the molecule is COc1ccc(Nc2nsc3c(Cc4ccc5nc(N)ncc5c4)c(C)ccc23)cc1C(F)(F)F. The van der Waals surface area contributed by atoms with Gasteiger partial charge in [-0.15, -0.1) is 0 Å². The zero-order chi connectivity index (χ0) is 24.7. The van der Waals surface area contributed by atoms with E-state index in [2.05, 4.69) is 19.7 Å². The van der Waals surface area contributed by atoms with Gasteiger partial charge in [0.2, 0.25) is 5.95 Å². The summed E-state index contributed by atoms with van der Waals surface area (Å²) in [5, 5.41) is 4.79. The number of hydrogen-bond donors (Lipinski definition) is 2. The third-order valence-corrected chi connectivity index (χ3v) is 6.71. The van der Waals surface area contributed by atoms with Crippen LogP contribution in [0, 0.1) is 6.92 Å². The maximum absolute atomic E-state index is 13.4. The van der Waals surface area contributed by atoms with Crippen LogP contribution in [0.3, 0.4) is 0 Å². The smallest absolute Gasteiger partial charge is 0.420 e. The number of nitrogens with two attached hydrogens (primary N) is 1. The van der Waals surface area contributed by atoms with Crippen molar-refractivity contribution in [2.24, 2.45) is 0 Å². The van der Waals surface area contributed by atoms with Crippen molar-refractivity contribution in [2.75, 3.05) is 18.2 Å². The number of nitrogens with one attached hydrogen (secondary N) is 1. The fourth-order valence-corrected chi connectivity index (χ4v) is 4.96. The quantitative estimate of drug-likeness (QED) is 0.290. The van der Waals surface area contributed by atoms with Crippen molar-refractivity contribution in [2.45, 2.75) is 19.5 Å². The largest absolute Gasteiger partial charge is 0.496 e. The summed E-state index contributed by atoms with van der Waals surface area (Å²) >= 11 is 1.32. The van der Waals surface area contributed by atoms with Crippen LogP contribution >= 0.6 is 11.5 Å². The molecule has 0 spiro atoms. The predicted molar refractivity (Wildman–Crippen MR) is 132 cm³/mol. The van der Waals surface area contributed by atoms with Gasteiger partial charge in [-0.3, -0.25) is 0 Å². The summed E-state index contributed by atoms with van der Waals surface area (Å²) in [5.41, 5.74) is 9.17. The average molecular weight is 496 g/mol. The van der Waals surface area contributed by atoms with Gasteiger partial charge in [0.15, 0.2) is 5.82 Å². The minimum Gasteiger partial charge on any atom is -0.496 e. The Kier molecular flexibility index (Phi) is 5.68. The van der Waals surface area contributed by atoms with Crippen LogP contribution in [-0.4, -0.2) is 21.5 Å². The van der Waals surface area contributed by atoms with Gasteiger partial charge >= 0.3 is 6.18 Å². The first-order valence-electron chi connectivity index (χ1n) is 10.6. The van der Waals surface area contributed by atoms with E-state index in [1.54, 1.807) is 6.20 Å². The minimum absolute atomic E-state index is 0.229. The van der Waals surface area contributed by atoms with E-state index in [4.69, 9.17) is 10.5 Å². The predicted octanol–water partition coefficient (Wildman–Crippen LogP) is 6.49. The van der Waals surface area contributed by atoms with Gasteiger partial charge in [-0.2, -0.15) is 17.5 Å². The fourth-order valence-electron chi connectivity index (χ4n) is 4.02. The van der Waals surface area contributed by atoms with Crippen LogP contribution in [-0.2, 0) is 12.6 Å². The number of hydrogen-bond acceptors (Lipinski definition) is 7. The Morgan fingerprint density at radius 3 is 2.69 bits per heavy atom. The number of benzene rings is 3. The molecule has 5 aromatic rings. The molecule has 10 heteroatoms. The summed E-state index contributed by atoms with van der Waals surface area (Å²) in [5.74, 6) is 0.509. The zero-order valence-corrected chi connectivity index (χ0v) is 19.6. The molecule has 5 rings (SSSR count). The van der Waals surface area contributed by atoms with E-state index in [1.165, 1.54) is 30.8 Å². The fraction of sp³-hybridized carbons (Fsp3) is 0.160. The van der Waals surface area contributed by atoms with E-state index in [1.807, 2.05) is 37.3 Å². The molecule has 2 aromatic heterocycles. The molecule has 178 valence electrons. The Bertz CT molecular complexity index is 1560. The number of methoxy groups -OCH3 is 1. The number of halogens is 3. The molecule has 0 aliphatic carbocycles. The molecule has 0 radical (unpaired) electrons. The number of nitrogen functional groups attached to an aromatic ring is 1. The molecule has 0 aliphatic rings. The molecule has 0 unspecified atom stereocenters. The number of fused-ring (bicyclic) bond motifs is 2. The topological polar surface area (TPSA) is 86.0 Å². The number of ether oxygens (including phenoxy) is 1. The molecule has 0 saturated heterocycles. The number of rotatable bonds is 5. The van der Waals surface area contributed by atoms with Gasteiger partial charge < -0.3 is 15.8 Å². The van der Waals surface area contributed by atoms with E-state index >= 15 is 0 Å². The second-order valence-electron chi connectivity index (χ2n) is 8.10. The number of nitrogens with zero attached hydrogens (tertiary/aromatic N) is 3. The van der Waals surface area contributed by atoms with E-state index in [9.17, 15) is 13.2 Å². The molecular formula is C25H20F3N5OS. The lowest BCUT2D eigenvalue weighted by Gasteiger charge is -2.14. The van der Waals surface area contributed by atoms with Gasteiger partial charge in [0.05, 0.1) is 22.9 Å². The van der Waals surface area contributed by atoms with Crippen LogP contribution in [0.15, 0.2) is 54.7 Å². The number of aromatic nitrogens is 3. The van der Waals surface area contributed by atoms with E-state index < -0.39 is 11.7 Å². The lowest BCUT2D eigenvalue weighted by atomic mass is 9.98. The first-order chi connectivity index (χ1) is 16.7.